The number of benzene rings is 2. The van der Waals surface area contributed by atoms with Crippen molar-refractivity contribution in [3.63, 3.8) is 0 Å². The second-order valence-corrected chi connectivity index (χ2v) is 7.97. The molecule has 0 saturated carbocycles. The summed E-state index contributed by atoms with van der Waals surface area (Å²) in [6.07, 6.45) is 4.03. The number of rotatable bonds is 7. The molecule has 8 nitrogen and oxygen atoms in total. The molecule has 1 unspecified atom stereocenters. The first-order valence-electron chi connectivity index (χ1n) is 10.6. The summed E-state index contributed by atoms with van der Waals surface area (Å²) in [6, 6.07) is 9.10. The van der Waals surface area contributed by atoms with E-state index in [1.807, 2.05) is 0 Å². The Labute approximate surface area is 202 Å². The molecule has 0 radical (unpaired) electrons. The molecule has 2 amide bonds. The molecule has 1 aromatic heterocycles. The van der Waals surface area contributed by atoms with Crippen molar-refractivity contribution >= 4 is 28.9 Å². The van der Waals surface area contributed by atoms with Gasteiger partial charge < -0.3 is 10.1 Å². The van der Waals surface area contributed by atoms with Gasteiger partial charge in [0.05, 0.1) is 11.4 Å². The van der Waals surface area contributed by atoms with E-state index < -0.39 is 30.3 Å². The molecule has 12 heteroatoms. The van der Waals surface area contributed by atoms with E-state index in [4.69, 9.17) is 0 Å². The van der Waals surface area contributed by atoms with E-state index in [9.17, 15) is 27.2 Å². The fraction of sp³-hybridized carbons (Fsp3) is 0.208. The highest BCUT2D eigenvalue weighted by Gasteiger charge is 2.40. The lowest BCUT2D eigenvalue weighted by molar-refractivity contribution is -0.127. The number of nitrogens with one attached hydrogen (secondary N) is 1. The Kier molecular flexibility index (Phi) is 6.69. The zero-order valence-corrected chi connectivity index (χ0v) is 19.0. The Hall–Kier alpha value is -4.35. The van der Waals surface area contributed by atoms with Crippen molar-refractivity contribution in [1.29, 1.82) is 0 Å². The lowest BCUT2D eigenvalue weighted by Gasteiger charge is -2.18. The van der Waals surface area contributed by atoms with Crippen LogP contribution in [-0.4, -0.2) is 34.1 Å². The average molecular weight is 501 g/mol. The van der Waals surface area contributed by atoms with E-state index in [1.165, 1.54) is 62.0 Å². The van der Waals surface area contributed by atoms with Crippen molar-refractivity contribution in [1.82, 2.24) is 9.97 Å². The zero-order chi connectivity index (χ0) is 26.0. The summed E-state index contributed by atoms with van der Waals surface area (Å²) in [5.74, 6) is -6.07. The third-order valence-corrected chi connectivity index (χ3v) is 5.33. The maximum Gasteiger partial charge on any atom is 0.387 e. The van der Waals surface area contributed by atoms with E-state index in [0.29, 0.717) is 5.56 Å². The van der Waals surface area contributed by atoms with Crippen LogP contribution in [0.1, 0.15) is 19.4 Å². The quantitative estimate of drug-likeness (QED) is 0.369. The van der Waals surface area contributed by atoms with Gasteiger partial charge in [0.25, 0.3) is 11.8 Å². The van der Waals surface area contributed by atoms with Crippen molar-refractivity contribution < 1.29 is 31.9 Å². The second-order valence-electron chi connectivity index (χ2n) is 7.97. The molecule has 2 heterocycles. The summed E-state index contributed by atoms with van der Waals surface area (Å²) >= 11 is 0. The van der Waals surface area contributed by atoms with Crippen molar-refractivity contribution in [3.8, 4) is 16.9 Å². The summed E-state index contributed by atoms with van der Waals surface area (Å²) in [5.41, 5.74) is 0.671. The predicted molar refractivity (Wildman–Crippen MR) is 123 cm³/mol. The van der Waals surface area contributed by atoms with Gasteiger partial charge in [-0.25, -0.2) is 18.7 Å². The normalized spacial score (nSPS) is 15.8. The summed E-state index contributed by atoms with van der Waals surface area (Å²) < 4.78 is 57.7. The molecule has 186 valence electrons. The highest BCUT2D eigenvalue weighted by molar-refractivity contribution is 6.28. The number of ether oxygens (including phenoxy) is 1. The van der Waals surface area contributed by atoms with Crippen LogP contribution in [0.3, 0.4) is 0 Å². The Bertz CT molecular complexity index is 1330. The fourth-order valence-corrected chi connectivity index (χ4v) is 3.65. The molecule has 2 aromatic carbocycles. The van der Waals surface area contributed by atoms with Crippen LogP contribution in [0, 0.1) is 5.92 Å². The number of carbonyl (C=O) groups is 2. The minimum atomic E-state index is -3.11. The smallest absolute Gasteiger partial charge is 0.387 e. The molecule has 36 heavy (non-hydrogen) atoms. The number of hydrogen-bond acceptors (Lipinski definition) is 6. The zero-order valence-electron chi connectivity index (χ0n) is 19.0. The molecule has 3 aromatic rings. The lowest BCUT2D eigenvalue weighted by atomic mass is 10.0. The summed E-state index contributed by atoms with van der Waals surface area (Å²) in [7, 11) is 0. The Balaban J connectivity index is 1.60. The van der Waals surface area contributed by atoms with Gasteiger partial charge in [-0.1, -0.05) is 12.1 Å². The number of halogens is 4. The van der Waals surface area contributed by atoms with E-state index in [2.05, 4.69) is 25.1 Å². The Morgan fingerprint density at radius 3 is 2.53 bits per heavy atom. The molecule has 1 aliphatic heterocycles. The molecule has 0 bridgehead atoms. The molecule has 0 saturated heterocycles. The summed E-state index contributed by atoms with van der Waals surface area (Å²) in [5, 5.41) is 7.61. The minimum absolute atomic E-state index is 0.0953. The maximum atomic E-state index is 13.6. The van der Waals surface area contributed by atoms with Gasteiger partial charge in [-0.3, -0.25) is 9.59 Å². The molecule has 1 aliphatic rings. The van der Waals surface area contributed by atoms with Crippen molar-refractivity contribution in [2.24, 2.45) is 11.0 Å². The minimum Gasteiger partial charge on any atom is -0.434 e. The maximum absolute atomic E-state index is 13.6. The Morgan fingerprint density at radius 2 is 1.86 bits per heavy atom. The first kappa shape index (κ1) is 24.8. The molecule has 0 aliphatic carbocycles. The predicted octanol–water partition coefficient (Wildman–Crippen LogP) is 4.83. The first-order valence-corrected chi connectivity index (χ1v) is 10.6. The van der Waals surface area contributed by atoms with Gasteiger partial charge in [0.15, 0.2) is 5.92 Å². The van der Waals surface area contributed by atoms with E-state index in [1.54, 1.807) is 0 Å². The summed E-state index contributed by atoms with van der Waals surface area (Å²) in [6.45, 7) is -0.887. The van der Waals surface area contributed by atoms with Crippen molar-refractivity contribution in [2.75, 3.05) is 10.3 Å². The van der Waals surface area contributed by atoms with Crippen molar-refractivity contribution in [3.05, 3.63) is 66.7 Å². The van der Waals surface area contributed by atoms with Gasteiger partial charge in [0.1, 0.15) is 12.1 Å². The van der Waals surface area contributed by atoms with Gasteiger partial charge >= 0.3 is 6.61 Å². The van der Waals surface area contributed by atoms with Crippen LogP contribution in [0.2, 0.25) is 0 Å². The lowest BCUT2D eigenvalue weighted by Crippen LogP contribution is -2.36. The largest absolute Gasteiger partial charge is 0.434 e. The van der Waals surface area contributed by atoms with E-state index in [-0.39, 0.29) is 34.0 Å². The molecule has 4 rings (SSSR count). The fourth-order valence-electron chi connectivity index (χ4n) is 3.65. The number of hydrogen-bond donors (Lipinski definition) is 1. The Morgan fingerprint density at radius 1 is 1.14 bits per heavy atom. The first-order chi connectivity index (χ1) is 17.0. The van der Waals surface area contributed by atoms with Gasteiger partial charge in [0, 0.05) is 41.7 Å². The molecule has 0 fully saturated rings. The van der Waals surface area contributed by atoms with E-state index >= 15 is 0 Å². The number of amides is 2. The SMILES string of the molecule is CC1=NN(c2ccc(OC(F)F)c(-c3cncnc3)c2)C(=O)C1C(=O)Nc1cccc(C(C)(F)F)c1. The van der Waals surface area contributed by atoms with Crippen LogP contribution in [0.25, 0.3) is 11.1 Å². The number of hydrazone groups is 1. The highest BCUT2D eigenvalue weighted by atomic mass is 19.3. The summed E-state index contributed by atoms with van der Waals surface area (Å²) in [4.78, 5) is 33.8. The average Bonchev–Trinajstić information content (AvgIpc) is 3.13. The van der Waals surface area contributed by atoms with Gasteiger partial charge in [-0.05, 0) is 37.3 Å². The van der Waals surface area contributed by atoms with Gasteiger partial charge in [-0.15, -0.1) is 0 Å². The molecule has 0 spiro atoms. The van der Waals surface area contributed by atoms with Crippen LogP contribution >= 0.6 is 0 Å². The second kappa shape index (κ2) is 9.72. The standard InChI is InChI=1S/C24H19F4N5O3/c1-13-20(21(34)31-16-5-3-4-15(8-16)24(2,27)28)22(35)33(32-13)17-6-7-19(36-23(25)26)18(9-17)14-10-29-12-30-11-14/h3-12,20,23H,1-2H3,(H,31,34). The van der Waals surface area contributed by atoms with Crippen LogP contribution in [0.4, 0.5) is 28.9 Å². The van der Waals surface area contributed by atoms with Gasteiger partial charge in [0.2, 0.25) is 5.91 Å². The van der Waals surface area contributed by atoms with E-state index in [0.717, 1.165) is 18.0 Å². The van der Waals surface area contributed by atoms with Gasteiger partial charge in [-0.2, -0.15) is 18.9 Å². The van der Waals surface area contributed by atoms with Crippen LogP contribution in [-0.2, 0) is 15.5 Å². The number of nitrogens with zero attached hydrogens (tertiary/aromatic N) is 4. The number of anilines is 2. The molecule has 1 atom stereocenters. The monoisotopic (exact) mass is 501 g/mol. The number of carbonyl (C=O) groups excluding carboxylic acids is 2. The number of aromatic nitrogens is 2. The molecular formula is C24H19F4N5O3. The molecule has 1 N–H and O–H groups in total. The van der Waals surface area contributed by atoms with Crippen LogP contribution < -0.4 is 15.1 Å². The third-order valence-electron chi connectivity index (χ3n) is 5.33. The highest BCUT2D eigenvalue weighted by Crippen LogP contribution is 2.36. The van der Waals surface area contributed by atoms with Crippen LogP contribution in [0.15, 0.2) is 66.3 Å². The van der Waals surface area contributed by atoms with Crippen LogP contribution in [0.5, 0.6) is 5.75 Å². The van der Waals surface area contributed by atoms with Crippen molar-refractivity contribution in [2.45, 2.75) is 26.4 Å². The third kappa shape index (κ3) is 5.16. The topological polar surface area (TPSA) is 96.8 Å². The number of alkyl halides is 4. The molecular weight excluding hydrogens is 482 g/mol.